The Kier molecular flexibility index (Phi) is 4.71. The monoisotopic (exact) mass is 310 g/mol. The molecule has 0 radical (unpaired) electrons. The second kappa shape index (κ2) is 7.09. The van der Waals surface area contributed by atoms with Gasteiger partial charge in [-0.1, -0.05) is 43.7 Å². The Morgan fingerprint density at radius 1 is 1.09 bits per heavy atom. The number of nitrogens with zero attached hydrogens (tertiary/aromatic N) is 2. The first kappa shape index (κ1) is 15.3. The molecule has 0 fully saturated rings. The van der Waals surface area contributed by atoms with Gasteiger partial charge in [0.25, 0.3) is 0 Å². The summed E-state index contributed by atoms with van der Waals surface area (Å²) in [6.45, 7) is 2.15. The molecule has 0 bridgehead atoms. The van der Waals surface area contributed by atoms with Gasteiger partial charge in [-0.05, 0) is 36.2 Å². The molecule has 1 aromatic heterocycles. The van der Waals surface area contributed by atoms with Crippen molar-refractivity contribution in [1.29, 1.82) is 0 Å². The molecular formula is C19H19FN2O. The van der Waals surface area contributed by atoms with Crippen molar-refractivity contribution in [3.05, 3.63) is 78.4 Å². The summed E-state index contributed by atoms with van der Waals surface area (Å²) in [7, 11) is 0. The highest BCUT2D eigenvalue weighted by molar-refractivity contribution is 5.37. The Bertz CT molecular complexity index is 738. The molecule has 0 amide bonds. The molecule has 2 aromatic carbocycles. The minimum Gasteiger partial charge on any atom is -0.486 e. The first-order valence-electron chi connectivity index (χ1n) is 7.78. The van der Waals surface area contributed by atoms with Gasteiger partial charge in [-0.15, -0.1) is 0 Å². The van der Waals surface area contributed by atoms with Crippen molar-refractivity contribution in [2.24, 2.45) is 0 Å². The summed E-state index contributed by atoms with van der Waals surface area (Å²) < 4.78 is 20.7. The lowest BCUT2D eigenvalue weighted by atomic mass is 10.1. The first-order valence-corrected chi connectivity index (χ1v) is 7.78. The predicted molar refractivity (Wildman–Crippen MR) is 88.2 cm³/mol. The highest BCUT2D eigenvalue weighted by atomic mass is 19.1. The number of aromatic nitrogens is 2. The first-order chi connectivity index (χ1) is 11.3. The average Bonchev–Trinajstić information content (AvgIpc) is 3.02. The van der Waals surface area contributed by atoms with Gasteiger partial charge >= 0.3 is 0 Å². The zero-order chi connectivity index (χ0) is 16.1. The third-order valence-corrected chi connectivity index (χ3v) is 3.65. The quantitative estimate of drug-likeness (QED) is 0.645. The van der Waals surface area contributed by atoms with Crippen LogP contribution < -0.4 is 4.74 Å². The third kappa shape index (κ3) is 3.77. The van der Waals surface area contributed by atoms with Crippen LogP contribution in [0.2, 0.25) is 0 Å². The lowest BCUT2D eigenvalue weighted by Crippen LogP contribution is -2.07. The van der Waals surface area contributed by atoms with Gasteiger partial charge in [-0.25, -0.2) is 9.07 Å². The van der Waals surface area contributed by atoms with E-state index in [0.717, 1.165) is 24.3 Å². The van der Waals surface area contributed by atoms with Gasteiger partial charge in [-0.2, -0.15) is 5.10 Å². The summed E-state index contributed by atoms with van der Waals surface area (Å²) in [6.07, 6.45) is 4.58. The number of ether oxygens (including phenoxy) is 1. The van der Waals surface area contributed by atoms with E-state index in [4.69, 9.17) is 4.74 Å². The summed E-state index contributed by atoms with van der Waals surface area (Å²) in [4.78, 5) is 0. The van der Waals surface area contributed by atoms with Gasteiger partial charge in [0.05, 0.1) is 18.1 Å². The highest BCUT2D eigenvalue weighted by Gasteiger charge is 2.12. The fraction of sp³-hybridized carbons (Fsp3) is 0.211. The van der Waals surface area contributed by atoms with Gasteiger partial charge in [0.1, 0.15) is 11.9 Å². The van der Waals surface area contributed by atoms with Crippen molar-refractivity contribution in [2.45, 2.75) is 25.9 Å². The lowest BCUT2D eigenvalue weighted by Gasteiger charge is -2.19. The predicted octanol–water partition coefficient (Wildman–Crippen LogP) is 4.93. The molecule has 23 heavy (non-hydrogen) atoms. The van der Waals surface area contributed by atoms with Crippen LogP contribution in [0, 0.1) is 5.82 Å². The van der Waals surface area contributed by atoms with Crippen molar-refractivity contribution in [3.8, 4) is 11.4 Å². The molecule has 3 rings (SSSR count). The van der Waals surface area contributed by atoms with E-state index >= 15 is 0 Å². The van der Waals surface area contributed by atoms with E-state index in [1.807, 2.05) is 42.5 Å². The van der Waals surface area contributed by atoms with Crippen LogP contribution in [0.15, 0.2) is 67.0 Å². The molecule has 0 aliphatic heterocycles. The molecule has 1 unspecified atom stereocenters. The van der Waals surface area contributed by atoms with Crippen LogP contribution in [-0.4, -0.2) is 9.78 Å². The standard InChI is InChI=1S/C19H19FN2O/c1-2-6-19(15-7-4-3-5-8-15)23-18-11-9-17(10-12-18)22-14-16(20)13-21-22/h3-5,7-14,19H,2,6H2,1H3. The number of hydrogen-bond donors (Lipinski definition) is 0. The molecule has 118 valence electrons. The molecular weight excluding hydrogens is 291 g/mol. The SMILES string of the molecule is CCCC(Oc1ccc(-n2cc(F)cn2)cc1)c1ccccc1. The zero-order valence-electron chi connectivity index (χ0n) is 13.0. The van der Waals surface area contributed by atoms with Gasteiger partial charge < -0.3 is 4.74 Å². The van der Waals surface area contributed by atoms with Crippen molar-refractivity contribution in [3.63, 3.8) is 0 Å². The molecule has 3 aromatic rings. The van der Waals surface area contributed by atoms with Gasteiger partial charge in [-0.3, -0.25) is 0 Å². The van der Waals surface area contributed by atoms with E-state index < -0.39 is 0 Å². The normalized spacial score (nSPS) is 12.1. The highest BCUT2D eigenvalue weighted by Crippen LogP contribution is 2.26. The van der Waals surface area contributed by atoms with Crippen LogP contribution >= 0.6 is 0 Å². The Hall–Kier alpha value is -2.62. The fourth-order valence-electron chi connectivity index (χ4n) is 2.51. The van der Waals surface area contributed by atoms with E-state index in [0.29, 0.717) is 0 Å². The molecule has 0 spiro atoms. The summed E-state index contributed by atoms with van der Waals surface area (Å²) >= 11 is 0. The Morgan fingerprint density at radius 3 is 2.43 bits per heavy atom. The Labute approximate surface area is 135 Å². The van der Waals surface area contributed by atoms with Crippen LogP contribution in [0.4, 0.5) is 4.39 Å². The summed E-state index contributed by atoms with van der Waals surface area (Å²) in [5.74, 6) is 0.445. The molecule has 3 nitrogen and oxygen atoms in total. The number of hydrogen-bond acceptors (Lipinski definition) is 2. The van der Waals surface area contributed by atoms with Crippen molar-refractivity contribution >= 4 is 0 Å². The maximum absolute atomic E-state index is 13.0. The maximum Gasteiger partial charge on any atom is 0.161 e. The molecule has 4 heteroatoms. The largest absolute Gasteiger partial charge is 0.486 e. The van der Waals surface area contributed by atoms with Crippen molar-refractivity contribution < 1.29 is 9.13 Å². The maximum atomic E-state index is 13.0. The van der Waals surface area contributed by atoms with Gasteiger partial charge in [0.2, 0.25) is 0 Å². The van der Waals surface area contributed by atoms with Crippen molar-refractivity contribution in [2.75, 3.05) is 0 Å². The second-order valence-corrected chi connectivity index (χ2v) is 5.40. The Balaban J connectivity index is 1.76. The zero-order valence-corrected chi connectivity index (χ0v) is 13.0. The van der Waals surface area contributed by atoms with Crippen LogP contribution in [-0.2, 0) is 0 Å². The Morgan fingerprint density at radius 2 is 1.83 bits per heavy atom. The van der Waals surface area contributed by atoms with E-state index in [1.165, 1.54) is 22.6 Å². The minimum absolute atomic E-state index is 0.0363. The second-order valence-electron chi connectivity index (χ2n) is 5.40. The average molecular weight is 310 g/mol. The van der Waals surface area contributed by atoms with Crippen LogP contribution in [0.3, 0.4) is 0 Å². The van der Waals surface area contributed by atoms with E-state index in [2.05, 4.69) is 24.2 Å². The van der Waals surface area contributed by atoms with Gasteiger partial charge in [0.15, 0.2) is 5.82 Å². The molecule has 0 aliphatic rings. The molecule has 0 aliphatic carbocycles. The minimum atomic E-state index is -0.350. The number of halogens is 1. The summed E-state index contributed by atoms with van der Waals surface area (Å²) in [6, 6.07) is 17.7. The smallest absolute Gasteiger partial charge is 0.161 e. The summed E-state index contributed by atoms with van der Waals surface area (Å²) in [5, 5.41) is 3.95. The van der Waals surface area contributed by atoms with Gasteiger partial charge in [0, 0.05) is 0 Å². The fourth-order valence-corrected chi connectivity index (χ4v) is 2.51. The number of rotatable bonds is 6. The number of benzene rings is 2. The molecule has 0 saturated heterocycles. The third-order valence-electron chi connectivity index (χ3n) is 3.65. The van der Waals surface area contributed by atoms with E-state index in [-0.39, 0.29) is 11.9 Å². The molecule has 1 heterocycles. The molecule has 1 atom stereocenters. The molecule has 0 N–H and O–H groups in total. The van der Waals surface area contributed by atoms with E-state index in [9.17, 15) is 4.39 Å². The molecule has 0 saturated carbocycles. The topological polar surface area (TPSA) is 27.1 Å². The summed E-state index contributed by atoms with van der Waals surface area (Å²) in [5.41, 5.74) is 1.97. The van der Waals surface area contributed by atoms with Crippen LogP contribution in [0.1, 0.15) is 31.4 Å². The van der Waals surface area contributed by atoms with Crippen molar-refractivity contribution in [1.82, 2.24) is 9.78 Å². The lowest BCUT2D eigenvalue weighted by molar-refractivity contribution is 0.194. The van der Waals surface area contributed by atoms with Crippen LogP contribution in [0.25, 0.3) is 5.69 Å². The van der Waals surface area contributed by atoms with E-state index in [1.54, 1.807) is 0 Å². The van der Waals surface area contributed by atoms with Crippen LogP contribution in [0.5, 0.6) is 5.75 Å².